The van der Waals surface area contributed by atoms with Crippen molar-refractivity contribution in [2.75, 3.05) is 11.1 Å². The first-order valence-electron chi connectivity index (χ1n) is 7.81. The van der Waals surface area contributed by atoms with Gasteiger partial charge in [0, 0.05) is 0 Å². The maximum absolute atomic E-state index is 12.2. The van der Waals surface area contributed by atoms with Crippen molar-refractivity contribution in [2.24, 2.45) is 0 Å². The third-order valence-corrected chi connectivity index (χ3v) is 5.78. The number of fused-ring (bicyclic) bond motifs is 1. The first kappa shape index (κ1) is 17.8. The molecule has 3 heterocycles. The fourth-order valence-electron chi connectivity index (χ4n) is 2.41. The molecule has 4 rings (SSSR count). The van der Waals surface area contributed by atoms with Gasteiger partial charge in [0.15, 0.2) is 0 Å². The van der Waals surface area contributed by atoms with E-state index >= 15 is 0 Å². The Hall–Kier alpha value is -2.62. The van der Waals surface area contributed by atoms with Gasteiger partial charge in [-0.2, -0.15) is 5.10 Å². The van der Waals surface area contributed by atoms with Crippen molar-refractivity contribution in [1.82, 2.24) is 19.8 Å². The number of rotatable bonds is 5. The highest BCUT2D eigenvalue weighted by molar-refractivity contribution is 7.99. The van der Waals surface area contributed by atoms with Crippen molar-refractivity contribution in [3.05, 3.63) is 63.2 Å². The maximum atomic E-state index is 12.2. The summed E-state index contributed by atoms with van der Waals surface area (Å²) in [6.07, 6.45) is 0. The third kappa shape index (κ3) is 3.75. The Balaban J connectivity index is 1.55. The average Bonchev–Trinajstić information content (AvgIpc) is 3.33. The molecular weight excluding hydrogens is 406 g/mol. The van der Waals surface area contributed by atoms with E-state index in [0.717, 1.165) is 4.88 Å². The molecule has 1 amide bonds. The summed E-state index contributed by atoms with van der Waals surface area (Å²) < 4.78 is 1.46. The summed E-state index contributed by atoms with van der Waals surface area (Å²) in [5.41, 5.74) is 1.27. The molecule has 2 N–H and O–H groups in total. The Bertz CT molecular complexity index is 1170. The first-order valence-corrected chi connectivity index (χ1v) is 10.1. The Morgan fingerprint density at radius 3 is 2.93 bits per heavy atom. The molecule has 27 heavy (non-hydrogen) atoms. The minimum Gasteiger partial charge on any atom is -0.324 e. The Morgan fingerprint density at radius 2 is 2.15 bits per heavy atom. The van der Waals surface area contributed by atoms with E-state index in [2.05, 4.69) is 20.6 Å². The zero-order valence-corrected chi connectivity index (χ0v) is 16.1. The second-order valence-electron chi connectivity index (χ2n) is 5.46. The summed E-state index contributed by atoms with van der Waals surface area (Å²) in [6.45, 7) is 0. The van der Waals surface area contributed by atoms with Gasteiger partial charge in [-0.1, -0.05) is 41.6 Å². The van der Waals surface area contributed by atoms with Crippen LogP contribution in [0, 0.1) is 0 Å². The highest BCUT2D eigenvalue weighted by Gasteiger charge is 2.14. The maximum Gasteiger partial charge on any atom is 0.290 e. The van der Waals surface area contributed by atoms with Crippen LogP contribution in [0.3, 0.4) is 0 Å². The van der Waals surface area contributed by atoms with Crippen LogP contribution in [-0.2, 0) is 4.79 Å². The highest BCUT2D eigenvalue weighted by Crippen LogP contribution is 2.25. The summed E-state index contributed by atoms with van der Waals surface area (Å²) in [6, 6.07) is 12.6. The van der Waals surface area contributed by atoms with Crippen LogP contribution in [0.25, 0.3) is 16.1 Å². The quantitative estimate of drug-likeness (QED) is 0.484. The van der Waals surface area contributed by atoms with Gasteiger partial charge in [0.2, 0.25) is 11.1 Å². The number of nitrogens with zero attached hydrogens (tertiary/aromatic N) is 3. The number of hydrogen-bond donors (Lipinski definition) is 2. The van der Waals surface area contributed by atoms with E-state index in [0.29, 0.717) is 27.1 Å². The SMILES string of the molecule is O=C(CSc1n[nH]c(=O)c2cc(-c3cccs3)nn12)Nc1ccccc1Cl. The van der Waals surface area contributed by atoms with Gasteiger partial charge >= 0.3 is 0 Å². The summed E-state index contributed by atoms with van der Waals surface area (Å²) in [7, 11) is 0. The van der Waals surface area contributed by atoms with E-state index in [-0.39, 0.29) is 17.2 Å². The van der Waals surface area contributed by atoms with Crippen molar-refractivity contribution in [2.45, 2.75) is 5.16 Å². The van der Waals surface area contributed by atoms with E-state index in [1.807, 2.05) is 17.5 Å². The summed E-state index contributed by atoms with van der Waals surface area (Å²) in [5.74, 6) is -0.145. The van der Waals surface area contributed by atoms with Gasteiger partial charge in [-0.25, -0.2) is 9.61 Å². The lowest BCUT2D eigenvalue weighted by Gasteiger charge is -2.06. The Kier molecular flexibility index (Phi) is 4.97. The number of hydrogen-bond acceptors (Lipinski definition) is 6. The molecule has 0 saturated heterocycles. The zero-order valence-electron chi connectivity index (χ0n) is 13.7. The number of amides is 1. The molecule has 0 unspecified atom stereocenters. The lowest BCUT2D eigenvalue weighted by atomic mass is 10.3. The lowest BCUT2D eigenvalue weighted by molar-refractivity contribution is -0.113. The first-order chi connectivity index (χ1) is 13.1. The molecule has 0 bridgehead atoms. The van der Waals surface area contributed by atoms with E-state index in [9.17, 15) is 9.59 Å². The number of benzene rings is 1. The molecule has 0 aliphatic carbocycles. The van der Waals surface area contributed by atoms with Crippen LogP contribution in [0.4, 0.5) is 5.69 Å². The summed E-state index contributed by atoms with van der Waals surface area (Å²) >= 11 is 8.75. The number of aromatic nitrogens is 4. The molecule has 0 saturated carbocycles. The number of H-pyrrole nitrogens is 1. The van der Waals surface area contributed by atoms with Crippen LogP contribution in [0.5, 0.6) is 0 Å². The monoisotopic (exact) mass is 417 g/mol. The number of thioether (sulfide) groups is 1. The molecule has 10 heteroatoms. The van der Waals surface area contributed by atoms with Crippen LogP contribution in [0.2, 0.25) is 5.02 Å². The van der Waals surface area contributed by atoms with Gasteiger partial charge in [-0.05, 0) is 29.6 Å². The van der Waals surface area contributed by atoms with Gasteiger partial charge in [-0.3, -0.25) is 9.59 Å². The number of carbonyl (C=O) groups excluding carboxylic acids is 1. The molecule has 0 spiro atoms. The van der Waals surface area contributed by atoms with Crippen LogP contribution in [0.15, 0.2) is 57.8 Å². The molecule has 0 radical (unpaired) electrons. The van der Waals surface area contributed by atoms with E-state index in [1.165, 1.54) is 27.6 Å². The molecule has 0 atom stereocenters. The fourth-order valence-corrected chi connectivity index (χ4v) is 3.98. The second-order valence-corrected chi connectivity index (χ2v) is 7.75. The molecule has 1 aromatic carbocycles. The standard InChI is InChI=1S/C17H12ClN5O2S2/c18-10-4-1-2-5-11(10)19-15(24)9-27-17-21-20-16(25)13-8-12(22-23(13)17)14-6-3-7-26-14/h1-8H,9H2,(H,19,24)(H,20,25). The van der Waals surface area contributed by atoms with Crippen LogP contribution in [-0.4, -0.2) is 31.5 Å². The molecule has 0 fully saturated rings. The van der Waals surface area contributed by atoms with Gasteiger partial charge in [-0.15, -0.1) is 16.4 Å². The predicted octanol–water partition coefficient (Wildman–Crippen LogP) is 3.53. The van der Waals surface area contributed by atoms with E-state index in [4.69, 9.17) is 11.6 Å². The smallest absolute Gasteiger partial charge is 0.290 e. The van der Waals surface area contributed by atoms with Gasteiger partial charge < -0.3 is 5.32 Å². The Labute approximate surface area is 166 Å². The molecular formula is C17H12ClN5O2S2. The summed E-state index contributed by atoms with van der Waals surface area (Å²) in [5, 5.41) is 16.5. The number of nitrogens with one attached hydrogen (secondary N) is 2. The normalized spacial score (nSPS) is 11.0. The van der Waals surface area contributed by atoms with Crippen LogP contribution >= 0.6 is 34.7 Å². The number of aromatic amines is 1. The van der Waals surface area contributed by atoms with E-state index in [1.54, 1.807) is 30.3 Å². The van der Waals surface area contributed by atoms with Gasteiger partial charge in [0.25, 0.3) is 5.56 Å². The van der Waals surface area contributed by atoms with Crippen LogP contribution in [0.1, 0.15) is 0 Å². The highest BCUT2D eigenvalue weighted by atomic mass is 35.5. The number of para-hydroxylation sites is 1. The minimum atomic E-state index is -0.338. The van der Waals surface area contributed by atoms with E-state index < -0.39 is 0 Å². The third-order valence-electron chi connectivity index (χ3n) is 3.63. The van der Waals surface area contributed by atoms with Gasteiger partial charge in [0.1, 0.15) is 11.2 Å². The largest absolute Gasteiger partial charge is 0.324 e. The second kappa shape index (κ2) is 7.55. The van der Waals surface area contributed by atoms with Crippen molar-refractivity contribution in [1.29, 1.82) is 0 Å². The van der Waals surface area contributed by atoms with Crippen molar-refractivity contribution in [3.63, 3.8) is 0 Å². The summed E-state index contributed by atoms with van der Waals surface area (Å²) in [4.78, 5) is 25.2. The minimum absolute atomic E-state index is 0.0908. The number of carbonyl (C=O) groups is 1. The number of thiophene rings is 1. The van der Waals surface area contributed by atoms with Gasteiger partial charge in [0.05, 0.1) is 21.3 Å². The molecule has 0 aliphatic heterocycles. The van der Waals surface area contributed by atoms with Crippen molar-refractivity contribution in [3.8, 4) is 10.6 Å². The molecule has 4 aromatic rings. The average molecular weight is 418 g/mol. The molecule has 7 nitrogen and oxygen atoms in total. The lowest BCUT2D eigenvalue weighted by Crippen LogP contribution is -2.17. The Morgan fingerprint density at radius 1 is 1.30 bits per heavy atom. The zero-order chi connectivity index (χ0) is 18.8. The predicted molar refractivity (Wildman–Crippen MR) is 108 cm³/mol. The molecule has 3 aromatic heterocycles. The number of halogens is 1. The van der Waals surface area contributed by atoms with Crippen molar-refractivity contribution < 1.29 is 4.79 Å². The molecule has 0 aliphatic rings. The fraction of sp³-hybridized carbons (Fsp3) is 0.0588. The van der Waals surface area contributed by atoms with Crippen molar-refractivity contribution >= 4 is 51.8 Å². The topological polar surface area (TPSA) is 92.2 Å². The molecule has 136 valence electrons. The van der Waals surface area contributed by atoms with Crippen LogP contribution < -0.4 is 10.9 Å². The number of anilines is 1.